The van der Waals surface area contributed by atoms with Gasteiger partial charge in [0.15, 0.2) is 0 Å². The second-order valence-corrected chi connectivity index (χ2v) is 8.34. The monoisotopic (exact) mass is 378 g/mol. The summed E-state index contributed by atoms with van der Waals surface area (Å²) in [5, 5.41) is 19.0. The third-order valence-corrected chi connectivity index (χ3v) is 6.72. The quantitative estimate of drug-likeness (QED) is 0.742. The van der Waals surface area contributed by atoms with Crippen molar-refractivity contribution < 1.29 is 18.3 Å². The van der Waals surface area contributed by atoms with Crippen LogP contribution in [0, 0.1) is 13.8 Å². The Hall–Kier alpha value is -2.39. The molecular weight excluding hydrogens is 356 g/mol. The first kappa shape index (κ1) is 18.4. The van der Waals surface area contributed by atoms with Gasteiger partial charge in [0.05, 0.1) is 11.4 Å². The number of carbonyl (C=O) groups is 1. The molecule has 3 rings (SSSR count). The van der Waals surface area contributed by atoms with Crippen LogP contribution >= 0.6 is 0 Å². The molecule has 0 unspecified atom stereocenters. The highest BCUT2D eigenvalue weighted by atomic mass is 32.2. The standard InChI is InChI=1S/C17H22N4O4S/c1-11-16(12(2)20-19-11)26(24,25)21-8-6-14(7-9-21)18-17(23)13-4-3-5-15(22)10-13/h3-5,10,14,22H,6-9H2,1-2H3,(H,18,23)(H,19,20). The summed E-state index contributed by atoms with van der Waals surface area (Å²) >= 11 is 0. The van der Waals surface area contributed by atoms with Crippen molar-refractivity contribution in [2.24, 2.45) is 0 Å². The number of aromatic hydroxyl groups is 1. The van der Waals surface area contributed by atoms with Crippen molar-refractivity contribution in [3.8, 4) is 5.75 Å². The number of hydrogen-bond acceptors (Lipinski definition) is 5. The lowest BCUT2D eigenvalue weighted by Gasteiger charge is -2.31. The molecule has 1 aromatic heterocycles. The van der Waals surface area contributed by atoms with E-state index in [4.69, 9.17) is 0 Å². The van der Waals surface area contributed by atoms with E-state index in [1.165, 1.54) is 16.4 Å². The maximum atomic E-state index is 12.8. The van der Waals surface area contributed by atoms with Gasteiger partial charge in [-0.2, -0.15) is 9.40 Å². The molecule has 1 aliphatic heterocycles. The number of rotatable bonds is 4. The molecule has 0 aliphatic carbocycles. The average Bonchev–Trinajstić information content (AvgIpc) is 2.94. The van der Waals surface area contributed by atoms with Crippen LogP contribution in [0.15, 0.2) is 29.2 Å². The van der Waals surface area contributed by atoms with Gasteiger partial charge in [0.2, 0.25) is 10.0 Å². The highest BCUT2D eigenvalue weighted by Crippen LogP contribution is 2.25. The van der Waals surface area contributed by atoms with Gasteiger partial charge in [-0.25, -0.2) is 8.42 Å². The molecule has 1 saturated heterocycles. The highest BCUT2D eigenvalue weighted by Gasteiger charge is 2.33. The van der Waals surface area contributed by atoms with Crippen molar-refractivity contribution >= 4 is 15.9 Å². The fourth-order valence-electron chi connectivity index (χ4n) is 3.21. The molecule has 0 bridgehead atoms. The summed E-state index contributed by atoms with van der Waals surface area (Å²) in [6.45, 7) is 4.02. The van der Waals surface area contributed by atoms with Crippen LogP contribution in [0.25, 0.3) is 0 Å². The number of aromatic amines is 1. The Morgan fingerprint density at radius 1 is 1.31 bits per heavy atom. The number of phenols is 1. The maximum Gasteiger partial charge on any atom is 0.251 e. The minimum Gasteiger partial charge on any atom is -0.508 e. The maximum absolute atomic E-state index is 12.8. The van der Waals surface area contributed by atoms with E-state index in [1.54, 1.807) is 26.0 Å². The Kier molecular flexibility index (Phi) is 5.01. The van der Waals surface area contributed by atoms with Crippen molar-refractivity contribution in [2.45, 2.75) is 37.6 Å². The molecule has 26 heavy (non-hydrogen) atoms. The van der Waals surface area contributed by atoms with Crippen LogP contribution in [0.1, 0.15) is 34.6 Å². The van der Waals surface area contributed by atoms with Gasteiger partial charge in [-0.15, -0.1) is 0 Å². The van der Waals surface area contributed by atoms with E-state index in [9.17, 15) is 18.3 Å². The van der Waals surface area contributed by atoms with E-state index in [2.05, 4.69) is 15.5 Å². The van der Waals surface area contributed by atoms with Gasteiger partial charge < -0.3 is 10.4 Å². The van der Waals surface area contributed by atoms with Gasteiger partial charge in [0.1, 0.15) is 10.6 Å². The third kappa shape index (κ3) is 3.58. The third-order valence-electron chi connectivity index (χ3n) is 4.56. The summed E-state index contributed by atoms with van der Waals surface area (Å²) in [5.41, 5.74) is 1.37. The summed E-state index contributed by atoms with van der Waals surface area (Å²) in [7, 11) is -3.60. The van der Waals surface area contributed by atoms with E-state index >= 15 is 0 Å². The largest absolute Gasteiger partial charge is 0.508 e. The highest BCUT2D eigenvalue weighted by molar-refractivity contribution is 7.89. The normalized spacial score (nSPS) is 16.5. The van der Waals surface area contributed by atoms with Crippen LogP contribution in [0.5, 0.6) is 5.75 Å². The van der Waals surface area contributed by atoms with Crippen LogP contribution in [-0.2, 0) is 10.0 Å². The van der Waals surface area contributed by atoms with Crippen molar-refractivity contribution in [3.05, 3.63) is 41.2 Å². The van der Waals surface area contributed by atoms with Crippen molar-refractivity contribution in [2.75, 3.05) is 13.1 Å². The minimum atomic E-state index is -3.60. The molecule has 140 valence electrons. The summed E-state index contributed by atoms with van der Waals surface area (Å²) in [4.78, 5) is 12.5. The fourth-order valence-corrected chi connectivity index (χ4v) is 5.01. The van der Waals surface area contributed by atoms with Crippen molar-refractivity contribution in [3.63, 3.8) is 0 Å². The van der Waals surface area contributed by atoms with E-state index in [1.807, 2.05) is 0 Å². The number of nitrogens with zero attached hydrogens (tertiary/aromatic N) is 2. The molecule has 1 aromatic carbocycles. The molecule has 0 radical (unpaired) electrons. The van der Waals surface area contributed by atoms with Crippen molar-refractivity contribution in [1.29, 1.82) is 0 Å². The second kappa shape index (κ2) is 7.08. The molecule has 8 nitrogen and oxygen atoms in total. The molecule has 0 spiro atoms. The number of aromatic nitrogens is 2. The lowest BCUT2D eigenvalue weighted by Crippen LogP contribution is -2.46. The number of sulfonamides is 1. The number of nitrogens with one attached hydrogen (secondary N) is 2. The van der Waals surface area contributed by atoms with Crippen LogP contribution in [0.2, 0.25) is 0 Å². The van der Waals surface area contributed by atoms with E-state index < -0.39 is 10.0 Å². The Morgan fingerprint density at radius 3 is 2.58 bits per heavy atom. The molecule has 0 atom stereocenters. The Balaban J connectivity index is 1.63. The number of aryl methyl sites for hydroxylation is 2. The van der Waals surface area contributed by atoms with E-state index in [0.29, 0.717) is 42.9 Å². The lowest BCUT2D eigenvalue weighted by atomic mass is 10.1. The number of piperidine rings is 1. The smallest absolute Gasteiger partial charge is 0.251 e. The number of hydrogen-bond donors (Lipinski definition) is 3. The van der Waals surface area contributed by atoms with Crippen LogP contribution in [-0.4, -0.2) is 53.1 Å². The lowest BCUT2D eigenvalue weighted by molar-refractivity contribution is 0.0923. The molecule has 3 N–H and O–H groups in total. The topological polar surface area (TPSA) is 115 Å². The minimum absolute atomic E-state index is 0.0319. The Morgan fingerprint density at radius 2 is 2.00 bits per heavy atom. The van der Waals surface area contributed by atoms with Crippen LogP contribution in [0.4, 0.5) is 0 Å². The molecule has 2 aromatic rings. The molecule has 0 saturated carbocycles. The summed E-state index contributed by atoms with van der Waals surface area (Å²) in [6.07, 6.45) is 1.06. The zero-order valence-electron chi connectivity index (χ0n) is 14.7. The van der Waals surface area contributed by atoms with Gasteiger partial charge in [-0.3, -0.25) is 9.89 Å². The number of phenolic OH excluding ortho intramolecular Hbond substituents is 1. The zero-order valence-corrected chi connectivity index (χ0v) is 15.5. The Bertz CT molecular complexity index is 895. The second-order valence-electron chi connectivity index (χ2n) is 6.47. The predicted octanol–water partition coefficient (Wildman–Crippen LogP) is 1.32. The molecule has 2 heterocycles. The van der Waals surface area contributed by atoms with Crippen molar-refractivity contribution in [1.82, 2.24) is 19.8 Å². The van der Waals surface area contributed by atoms with Gasteiger partial charge >= 0.3 is 0 Å². The summed E-state index contributed by atoms with van der Waals surface area (Å²) < 4.78 is 27.1. The zero-order chi connectivity index (χ0) is 18.9. The molecule has 1 amide bonds. The first-order chi connectivity index (χ1) is 12.3. The fraction of sp³-hybridized carbons (Fsp3) is 0.412. The first-order valence-electron chi connectivity index (χ1n) is 8.40. The molecule has 1 fully saturated rings. The first-order valence-corrected chi connectivity index (χ1v) is 9.84. The number of carbonyl (C=O) groups excluding carboxylic acids is 1. The summed E-state index contributed by atoms with van der Waals surface area (Å²) in [5.74, 6) is -0.242. The van der Waals surface area contributed by atoms with Gasteiger partial charge in [-0.05, 0) is 44.9 Å². The van der Waals surface area contributed by atoms with E-state index in [0.717, 1.165) is 0 Å². The Labute approximate surface area is 152 Å². The predicted molar refractivity (Wildman–Crippen MR) is 95.4 cm³/mol. The molecular formula is C17H22N4O4S. The SMILES string of the molecule is Cc1n[nH]c(C)c1S(=O)(=O)N1CCC(NC(=O)c2cccc(O)c2)CC1. The van der Waals surface area contributed by atoms with Crippen LogP contribution in [0.3, 0.4) is 0 Å². The number of H-pyrrole nitrogens is 1. The molecule has 1 aliphatic rings. The number of amides is 1. The van der Waals surface area contributed by atoms with Crippen LogP contribution < -0.4 is 5.32 Å². The van der Waals surface area contributed by atoms with Gasteiger partial charge in [0.25, 0.3) is 5.91 Å². The summed E-state index contributed by atoms with van der Waals surface area (Å²) in [6, 6.07) is 6.02. The van der Waals surface area contributed by atoms with Gasteiger partial charge in [0, 0.05) is 24.7 Å². The molecule has 9 heteroatoms. The van der Waals surface area contributed by atoms with Gasteiger partial charge in [-0.1, -0.05) is 6.07 Å². The number of benzene rings is 1. The van der Waals surface area contributed by atoms with E-state index in [-0.39, 0.29) is 22.6 Å². The average molecular weight is 378 g/mol.